The van der Waals surface area contributed by atoms with E-state index in [1.807, 2.05) is 14.0 Å². The summed E-state index contributed by atoms with van der Waals surface area (Å²) in [7, 11) is 1.85. The molecule has 0 saturated carbocycles. The van der Waals surface area contributed by atoms with Crippen molar-refractivity contribution >= 4 is 23.2 Å². The monoisotopic (exact) mass is 279 g/mol. The predicted octanol–water partition coefficient (Wildman–Crippen LogP) is 1.29. The zero-order chi connectivity index (χ0) is 14.0. The van der Waals surface area contributed by atoms with Crippen LogP contribution in [0.3, 0.4) is 0 Å². The van der Waals surface area contributed by atoms with E-state index in [0.717, 1.165) is 11.3 Å². The fraction of sp³-hybridized carbons (Fsp3) is 0.250. The Morgan fingerprint density at radius 2 is 2.26 bits per heavy atom. The highest BCUT2D eigenvalue weighted by Gasteiger charge is 2.12. The molecule has 6 nitrogen and oxygen atoms in total. The molecule has 19 heavy (non-hydrogen) atoms. The van der Waals surface area contributed by atoms with Crippen LogP contribution in [0.1, 0.15) is 21.6 Å². The van der Waals surface area contributed by atoms with Crippen molar-refractivity contribution in [2.24, 2.45) is 7.05 Å². The van der Waals surface area contributed by atoms with E-state index in [0.29, 0.717) is 12.2 Å². The van der Waals surface area contributed by atoms with Crippen LogP contribution in [0.25, 0.3) is 0 Å². The molecule has 0 aliphatic rings. The number of carbonyl (C=O) groups is 1. The maximum Gasteiger partial charge on any atom is 0.254 e. The summed E-state index contributed by atoms with van der Waals surface area (Å²) >= 11 is 5.86. The topological polar surface area (TPSA) is 85.8 Å². The smallest absolute Gasteiger partial charge is 0.254 e. The van der Waals surface area contributed by atoms with Gasteiger partial charge < -0.3 is 11.1 Å². The van der Waals surface area contributed by atoms with Gasteiger partial charge >= 0.3 is 0 Å². The molecule has 0 spiro atoms. The number of aryl methyl sites for hydroxylation is 1. The molecule has 0 saturated heterocycles. The van der Waals surface area contributed by atoms with E-state index in [1.54, 1.807) is 10.9 Å². The number of anilines is 1. The number of pyridine rings is 1. The van der Waals surface area contributed by atoms with Gasteiger partial charge in [-0.15, -0.1) is 0 Å². The summed E-state index contributed by atoms with van der Waals surface area (Å²) in [5.74, 6) is -0.312. The van der Waals surface area contributed by atoms with Gasteiger partial charge in [0.05, 0.1) is 23.6 Å². The van der Waals surface area contributed by atoms with Gasteiger partial charge in [-0.3, -0.25) is 9.48 Å². The minimum absolute atomic E-state index is 0.134. The number of hydrogen-bond acceptors (Lipinski definition) is 4. The summed E-state index contributed by atoms with van der Waals surface area (Å²) in [4.78, 5) is 15.8. The zero-order valence-electron chi connectivity index (χ0n) is 10.6. The van der Waals surface area contributed by atoms with E-state index < -0.39 is 0 Å². The Morgan fingerprint density at radius 1 is 1.53 bits per heavy atom. The minimum Gasteiger partial charge on any atom is -0.397 e. The van der Waals surface area contributed by atoms with E-state index in [9.17, 15) is 4.79 Å². The van der Waals surface area contributed by atoms with E-state index in [-0.39, 0.29) is 16.6 Å². The van der Waals surface area contributed by atoms with Gasteiger partial charge in [-0.1, -0.05) is 11.6 Å². The van der Waals surface area contributed by atoms with Crippen molar-refractivity contribution in [3.8, 4) is 0 Å². The molecular formula is C12H14ClN5O. The molecule has 0 radical (unpaired) electrons. The molecule has 2 aromatic rings. The third-order valence-electron chi connectivity index (χ3n) is 2.88. The van der Waals surface area contributed by atoms with Crippen molar-refractivity contribution in [2.75, 3.05) is 5.73 Å². The van der Waals surface area contributed by atoms with Crippen LogP contribution in [0.4, 0.5) is 5.69 Å². The molecular weight excluding hydrogens is 266 g/mol. The number of rotatable bonds is 3. The van der Waals surface area contributed by atoms with E-state index >= 15 is 0 Å². The maximum absolute atomic E-state index is 12.0. The highest BCUT2D eigenvalue weighted by molar-refractivity contribution is 6.32. The number of nitrogens with one attached hydrogen (secondary N) is 1. The first kappa shape index (κ1) is 13.4. The van der Waals surface area contributed by atoms with Crippen LogP contribution >= 0.6 is 11.6 Å². The molecule has 0 fully saturated rings. The number of nitrogens with zero attached hydrogens (tertiary/aromatic N) is 3. The lowest BCUT2D eigenvalue weighted by atomic mass is 10.2. The average Bonchev–Trinajstić information content (AvgIpc) is 2.70. The molecule has 0 aromatic carbocycles. The number of carbonyl (C=O) groups excluding carboxylic acids is 1. The SMILES string of the molecule is Cc1c(CNC(=O)c2cc(N)cnc2Cl)cnn1C. The molecule has 0 bridgehead atoms. The summed E-state index contributed by atoms with van der Waals surface area (Å²) in [5.41, 5.74) is 8.19. The Balaban J connectivity index is 2.09. The standard InChI is InChI=1S/C12H14ClN5O/c1-7-8(5-17-18(7)2)4-16-12(19)10-3-9(14)6-15-11(10)13/h3,5-6H,4,14H2,1-2H3,(H,16,19). The van der Waals surface area contributed by atoms with Crippen LogP contribution in [0.2, 0.25) is 5.15 Å². The molecule has 2 aromatic heterocycles. The number of amides is 1. The summed E-state index contributed by atoms with van der Waals surface area (Å²) in [6.45, 7) is 2.31. The molecule has 2 rings (SSSR count). The van der Waals surface area contributed by atoms with Crippen molar-refractivity contribution < 1.29 is 4.79 Å². The van der Waals surface area contributed by atoms with Gasteiger partial charge in [0, 0.05) is 24.8 Å². The molecule has 3 N–H and O–H groups in total. The van der Waals surface area contributed by atoms with Crippen molar-refractivity contribution in [2.45, 2.75) is 13.5 Å². The summed E-state index contributed by atoms with van der Waals surface area (Å²) in [6.07, 6.45) is 3.12. The van der Waals surface area contributed by atoms with Gasteiger partial charge in [0.25, 0.3) is 5.91 Å². The first-order valence-corrected chi connectivity index (χ1v) is 6.03. The van der Waals surface area contributed by atoms with Crippen molar-refractivity contribution in [3.63, 3.8) is 0 Å². The predicted molar refractivity (Wildman–Crippen MR) is 72.8 cm³/mol. The fourth-order valence-corrected chi connectivity index (χ4v) is 1.80. The van der Waals surface area contributed by atoms with Crippen LogP contribution in [0.15, 0.2) is 18.5 Å². The Hall–Kier alpha value is -2.08. The van der Waals surface area contributed by atoms with Gasteiger partial charge in [-0.2, -0.15) is 5.10 Å². The van der Waals surface area contributed by atoms with Crippen LogP contribution in [0.5, 0.6) is 0 Å². The molecule has 0 aliphatic heterocycles. The second-order valence-electron chi connectivity index (χ2n) is 4.17. The maximum atomic E-state index is 12.0. The lowest BCUT2D eigenvalue weighted by molar-refractivity contribution is 0.0950. The fourth-order valence-electron chi connectivity index (χ4n) is 1.61. The number of nitrogens with two attached hydrogens (primary N) is 1. The number of halogens is 1. The van der Waals surface area contributed by atoms with Crippen LogP contribution in [-0.2, 0) is 13.6 Å². The minimum atomic E-state index is -0.312. The molecule has 7 heteroatoms. The van der Waals surface area contributed by atoms with Crippen molar-refractivity contribution in [3.05, 3.63) is 40.4 Å². The Bertz CT molecular complexity index is 623. The van der Waals surface area contributed by atoms with Crippen molar-refractivity contribution in [1.29, 1.82) is 0 Å². The summed E-state index contributed by atoms with van der Waals surface area (Å²) < 4.78 is 1.75. The molecule has 0 aliphatic carbocycles. The molecule has 0 unspecified atom stereocenters. The van der Waals surface area contributed by atoms with Gasteiger partial charge in [0.1, 0.15) is 5.15 Å². The number of hydrogen-bond donors (Lipinski definition) is 2. The van der Waals surface area contributed by atoms with E-state index in [1.165, 1.54) is 12.3 Å². The molecule has 100 valence electrons. The Kier molecular flexibility index (Phi) is 3.71. The number of aromatic nitrogens is 3. The van der Waals surface area contributed by atoms with Gasteiger partial charge in [-0.25, -0.2) is 4.98 Å². The first-order chi connectivity index (χ1) is 8.99. The molecule has 1 amide bonds. The van der Waals surface area contributed by atoms with Gasteiger partial charge in [0.2, 0.25) is 0 Å². The van der Waals surface area contributed by atoms with Crippen LogP contribution in [-0.4, -0.2) is 20.7 Å². The lowest BCUT2D eigenvalue weighted by Gasteiger charge is -2.06. The third kappa shape index (κ3) is 2.85. The van der Waals surface area contributed by atoms with E-state index in [4.69, 9.17) is 17.3 Å². The second kappa shape index (κ2) is 5.27. The zero-order valence-corrected chi connectivity index (χ0v) is 11.4. The Morgan fingerprint density at radius 3 is 2.89 bits per heavy atom. The first-order valence-electron chi connectivity index (χ1n) is 5.65. The van der Waals surface area contributed by atoms with Gasteiger partial charge in [0.15, 0.2) is 0 Å². The highest BCUT2D eigenvalue weighted by Crippen LogP contribution is 2.15. The molecule has 0 atom stereocenters. The largest absolute Gasteiger partial charge is 0.397 e. The highest BCUT2D eigenvalue weighted by atomic mass is 35.5. The number of nitrogen functional groups attached to an aromatic ring is 1. The quantitative estimate of drug-likeness (QED) is 0.829. The van der Waals surface area contributed by atoms with E-state index in [2.05, 4.69) is 15.4 Å². The van der Waals surface area contributed by atoms with Crippen LogP contribution < -0.4 is 11.1 Å². The van der Waals surface area contributed by atoms with Gasteiger partial charge in [-0.05, 0) is 13.0 Å². The molecule has 2 heterocycles. The Labute approximate surface area is 115 Å². The summed E-state index contributed by atoms with van der Waals surface area (Å²) in [5, 5.41) is 7.00. The van der Waals surface area contributed by atoms with Crippen molar-refractivity contribution in [1.82, 2.24) is 20.1 Å². The summed E-state index contributed by atoms with van der Waals surface area (Å²) in [6, 6.07) is 1.50. The normalized spacial score (nSPS) is 10.5. The lowest BCUT2D eigenvalue weighted by Crippen LogP contribution is -2.23. The van der Waals surface area contributed by atoms with Crippen LogP contribution in [0, 0.1) is 6.92 Å². The second-order valence-corrected chi connectivity index (χ2v) is 4.53. The third-order valence-corrected chi connectivity index (χ3v) is 3.18. The average molecular weight is 280 g/mol.